The molecule has 0 amide bonds. The van der Waals surface area contributed by atoms with Crippen molar-refractivity contribution in [1.82, 2.24) is 0 Å². The van der Waals surface area contributed by atoms with Crippen molar-refractivity contribution in [2.45, 2.75) is 104 Å². The van der Waals surface area contributed by atoms with Crippen LogP contribution in [-0.2, 0) is 25.7 Å². The molecular formula is C28H38F2. The topological polar surface area (TPSA) is 0 Å². The SMILES string of the molecule is CCCCCCCCCCc1ccc2c(c1F)CCc1c-2ccc(CCCC)c1F. The summed E-state index contributed by atoms with van der Waals surface area (Å²) in [6.07, 6.45) is 15.0. The highest BCUT2D eigenvalue weighted by molar-refractivity contribution is 5.74. The van der Waals surface area contributed by atoms with Gasteiger partial charge in [-0.2, -0.15) is 0 Å². The third-order valence-electron chi connectivity index (χ3n) is 6.66. The first-order valence-electron chi connectivity index (χ1n) is 12.3. The second-order valence-electron chi connectivity index (χ2n) is 8.96. The van der Waals surface area contributed by atoms with Crippen molar-refractivity contribution in [3.63, 3.8) is 0 Å². The fourth-order valence-corrected chi connectivity index (χ4v) is 4.79. The zero-order valence-corrected chi connectivity index (χ0v) is 19.0. The number of hydrogen-bond acceptors (Lipinski definition) is 0. The van der Waals surface area contributed by atoms with E-state index in [-0.39, 0.29) is 11.6 Å². The van der Waals surface area contributed by atoms with Crippen LogP contribution in [0.3, 0.4) is 0 Å². The van der Waals surface area contributed by atoms with E-state index < -0.39 is 0 Å². The molecule has 2 aromatic rings. The third-order valence-corrected chi connectivity index (χ3v) is 6.66. The molecule has 164 valence electrons. The van der Waals surface area contributed by atoms with Crippen LogP contribution in [0.15, 0.2) is 24.3 Å². The largest absolute Gasteiger partial charge is 0.206 e. The number of unbranched alkanes of at least 4 members (excludes halogenated alkanes) is 8. The summed E-state index contributed by atoms with van der Waals surface area (Å²) in [4.78, 5) is 0. The number of aryl methyl sites for hydroxylation is 2. The summed E-state index contributed by atoms with van der Waals surface area (Å²) in [6.45, 7) is 4.37. The van der Waals surface area contributed by atoms with Crippen LogP contribution in [0.4, 0.5) is 8.78 Å². The average molecular weight is 413 g/mol. The second kappa shape index (κ2) is 11.6. The van der Waals surface area contributed by atoms with Crippen LogP contribution in [0.25, 0.3) is 11.1 Å². The van der Waals surface area contributed by atoms with E-state index in [4.69, 9.17) is 0 Å². The Balaban J connectivity index is 1.63. The lowest BCUT2D eigenvalue weighted by atomic mass is 9.82. The minimum atomic E-state index is -0.0602. The highest BCUT2D eigenvalue weighted by Crippen LogP contribution is 2.38. The quantitative estimate of drug-likeness (QED) is 0.306. The Hall–Kier alpha value is -1.70. The van der Waals surface area contributed by atoms with E-state index in [2.05, 4.69) is 13.8 Å². The summed E-state index contributed by atoms with van der Waals surface area (Å²) < 4.78 is 30.2. The fourth-order valence-electron chi connectivity index (χ4n) is 4.79. The molecule has 0 saturated carbocycles. The Morgan fingerprint density at radius 1 is 0.567 bits per heavy atom. The molecule has 1 aliphatic rings. The third kappa shape index (κ3) is 5.50. The van der Waals surface area contributed by atoms with Crippen LogP contribution >= 0.6 is 0 Å². The van der Waals surface area contributed by atoms with Crippen LogP contribution in [0.2, 0.25) is 0 Å². The van der Waals surface area contributed by atoms with E-state index in [1.807, 2.05) is 24.3 Å². The van der Waals surface area contributed by atoms with Crippen molar-refractivity contribution in [2.75, 3.05) is 0 Å². The molecule has 0 aromatic heterocycles. The van der Waals surface area contributed by atoms with Crippen molar-refractivity contribution >= 4 is 0 Å². The molecule has 0 aliphatic heterocycles. The van der Waals surface area contributed by atoms with Crippen LogP contribution in [0.5, 0.6) is 0 Å². The van der Waals surface area contributed by atoms with Gasteiger partial charge in [0.1, 0.15) is 11.6 Å². The molecule has 2 heteroatoms. The number of rotatable bonds is 12. The van der Waals surface area contributed by atoms with Crippen molar-refractivity contribution in [3.8, 4) is 11.1 Å². The van der Waals surface area contributed by atoms with Crippen LogP contribution < -0.4 is 0 Å². The minimum Gasteiger partial charge on any atom is -0.206 e. The monoisotopic (exact) mass is 412 g/mol. The molecule has 0 saturated heterocycles. The Bertz CT molecular complexity index is 822. The van der Waals surface area contributed by atoms with Crippen molar-refractivity contribution < 1.29 is 8.78 Å². The van der Waals surface area contributed by atoms with Gasteiger partial charge in [0.2, 0.25) is 0 Å². The number of benzene rings is 2. The molecule has 3 rings (SSSR count). The van der Waals surface area contributed by atoms with Gasteiger partial charge in [0.25, 0.3) is 0 Å². The lowest BCUT2D eigenvalue weighted by Gasteiger charge is -2.23. The van der Waals surface area contributed by atoms with E-state index in [1.165, 1.54) is 44.9 Å². The van der Waals surface area contributed by atoms with E-state index in [1.54, 1.807) is 0 Å². The second-order valence-corrected chi connectivity index (χ2v) is 8.96. The van der Waals surface area contributed by atoms with Crippen LogP contribution in [0.1, 0.15) is 100 Å². The number of fused-ring (bicyclic) bond motifs is 3. The van der Waals surface area contributed by atoms with Gasteiger partial charge in [0.05, 0.1) is 0 Å². The van der Waals surface area contributed by atoms with Crippen molar-refractivity contribution in [2.24, 2.45) is 0 Å². The molecule has 0 spiro atoms. The van der Waals surface area contributed by atoms with Gasteiger partial charge in [0.15, 0.2) is 0 Å². The lowest BCUT2D eigenvalue weighted by Crippen LogP contribution is -2.11. The molecular weight excluding hydrogens is 374 g/mol. The zero-order chi connectivity index (χ0) is 21.3. The molecule has 30 heavy (non-hydrogen) atoms. The van der Waals surface area contributed by atoms with Crippen molar-refractivity contribution in [3.05, 3.63) is 58.2 Å². The summed E-state index contributed by atoms with van der Waals surface area (Å²) in [6, 6.07) is 7.89. The Morgan fingerprint density at radius 2 is 1.00 bits per heavy atom. The van der Waals surface area contributed by atoms with Gasteiger partial charge >= 0.3 is 0 Å². The summed E-state index contributed by atoms with van der Waals surface area (Å²) in [5, 5.41) is 0. The normalized spacial score (nSPS) is 12.7. The maximum atomic E-state index is 15.2. The first-order chi connectivity index (χ1) is 14.7. The first-order valence-corrected chi connectivity index (χ1v) is 12.3. The van der Waals surface area contributed by atoms with Gasteiger partial charge in [-0.3, -0.25) is 0 Å². The molecule has 0 unspecified atom stereocenters. The molecule has 0 fully saturated rings. The predicted molar refractivity (Wildman–Crippen MR) is 124 cm³/mol. The molecule has 0 radical (unpaired) electrons. The first kappa shape index (κ1) is 23.0. The van der Waals surface area contributed by atoms with E-state index >= 15 is 4.39 Å². The summed E-state index contributed by atoms with van der Waals surface area (Å²) in [5.74, 6) is -0.105. The Kier molecular flexibility index (Phi) is 8.90. The van der Waals surface area contributed by atoms with Gasteiger partial charge < -0.3 is 0 Å². The molecule has 0 heterocycles. The minimum absolute atomic E-state index is 0.0448. The fraction of sp³-hybridized carbons (Fsp3) is 0.571. The average Bonchev–Trinajstić information content (AvgIpc) is 2.76. The Morgan fingerprint density at radius 3 is 1.50 bits per heavy atom. The molecule has 0 N–H and O–H groups in total. The van der Waals surface area contributed by atoms with E-state index in [0.717, 1.165) is 65.5 Å². The number of halogens is 2. The molecule has 0 atom stereocenters. The standard InChI is InChI=1S/C28H38F2/c1-3-5-7-8-9-10-11-12-14-22-16-18-24-23-17-15-21(13-6-4-2)27(29)25(23)19-20-26(24)28(22)30/h15-18H,3-14,19-20H2,1-2H3. The highest BCUT2D eigenvalue weighted by atomic mass is 19.1. The lowest BCUT2D eigenvalue weighted by molar-refractivity contribution is 0.556. The Labute approximate surface area is 182 Å². The molecule has 0 nitrogen and oxygen atoms in total. The highest BCUT2D eigenvalue weighted by Gasteiger charge is 2.24. The van der Waals surface area contributed by atoms with E-state index in [9.17, 15) is 4.39 Å². The zero-order valence-electron chi connectivity index (χ0n) is 19.0. The summed E-state index contributed by atoms with van der Waals surface area (Å²) in [5.41, 5.74) is 5.02. The van der Waals surface area contributed by atoms with Gasteiger partial charge in [-0.25, -0.2) is 8.78 Å². The summed E-state index contributed by atoms with van der Waals surface area (Å²) in [7, 11) is 0. The van der Waals surface area contributed by atoms with Crippen LogP contribution in [0, 0.1) is 11.6 Å². The van der Waals surface area contributed by atoms with Gasteiger partial charge in [-0.15, -0.1) is 0 Å². The van der Waals surface area contributed by atoms with Gasteiger partial charge in [0, 0.05) is 0 Å². The molecule has 0 bridgehead atoms. The smallest absolute Gasteiger partial charge is 0.130 e. The van der Waals surface area contributed by atoms with Crippen LogP contribution in [-0.4, -0.2) is 0 Å². The molecule has 1 aliphatic carbocycles. The maximum Gasteiger partial charge on any atom is 0.130 e. The van der Waals surface area contributed by atoms with Crippen molar-refractivity contribution in [1.29, 1.82) is 0 Å². The van der Waals surface area contributed by atoms with E-state index in [0.29, 0.717) is 12.8 Å². The molecule has 2 aromatic carbocycles. The van der Waals surface area contributed by atoms with Gasteiger partial charge in [-0.1, -0.05) is 89.5 Å². The number of hydrogen-bond donors (Lipinski definition) is 0. The van der Waals surface area contributed by atoms with Gasteiger partial charge in [-0.05, 0) is 71.9 Å². The maximum absolute atomic E-state index is 15.2. The summed E-state index contributed by atoms with van der Waals surface area (Å²) >= 11 is 0. The predicted octanol–water partition coefficient (Wildman–Crippen LogP) is 8.76.